The predicted molar refractivity (Wildman–Crippen MR) is 315 cm³/mol. The molecule has 82 heavy (non-hydrogen) atoms. The number of aliphatic hydroxyl groups is 1. The number of azide groups is 1. The minimum atomic E-state index is -1.77. The van der Waals surface area contributed by atoms with E-state index in [1.807, 2.05) is 22.6 Å². The van der Waals surface area contributed by atoms with Gasteiger partial charge in [0.05, 0.1) is 24.3 Å². The second kappa shape index (κ2) is 31.4. The average molecular weight is 1290 g/mol. The van der Waals surface area contributed by atoms with Crippen LogP contribution in [0.2, 0.25) is 0 Å². The molecule has 29 heteroatoms. The molecule has 26 nitrogen and oxygen atoms in total. The summed E-state index contributed by atoms with van der Waals surface area (Å²) in [5.74, 6) is -8.99. The minimum absolute atomic E-state index is 0.0174. The summed E-state index contributed by atoms with van der Waals surface area (Å²) < 4.78 is 1.28. The second-order valence-electron chi connectivity index (χ2n) is 21.0. The maximum atomic E-state index is 14.4. The van der Waals surface area contributed by atoms with Crippen LogP contribution in [0.25, 0.3) is 10.4 Å². The van der Waals surface area contributed by atoms with Crippen LogP contribution >= 0.6 is 47.2 Å². The standard InChI is InChI=1S/C53H75IN14O12S2/c1-4-28(2)43(63-45(73)34(56)23-30-12-15-32(70)16-13-30)49(77)64-44(29(3)69)50(78)60-37(25-41(57)71)47(75)62-39(27-81)51(79)67-21-9-11-40(67)48(76)59-36(10-8-20-55)46(74)61-38(24-31-14-17-35(65-66-58)33(54)22-31)52(80)68-42(72)26-53(82-68)18-6-5-7-19-53/h12-17,22,28-29,34,36-40,43-44,69-70,81H,4-11,18-21,23-27,55-56H2,1-3H3,(H2,57,71)(H,59,76)(H,60,78)(H,61,74)(H,62,75)(H,63,73)(H,64,77)/t28-,29+,34-,36-,37-,38-,39-,40-,43-,44-/m0/s1. The highest BCUT2D eigenvalue weighted by molar-refractivity contribution is 14.1. The summed E-state index contributed by atoms with van der Waals surface area (Å²) in [5.41, 5.74) is 28.1. The molecule has 1 spiro atoms. The zero-order chi connectivity index (χ0) is 60.4. The first-order chi connectivity index (χ1) is 38.9. The number of nitrogens with two attached hydrogens (primary N) is 3. The van der Waals surface area contributed by atoms with Crippen LogP contribution in [0.3, 0.4) is 0 Å². The molecule has 14 N–H and O–H groups in total. The summed E-state index contributed by atoms with van der Waals surface area (Å²) in [4.78, 5) is 142. The third-order valence-corrected chi connectivity index (χ3v) is 17.5. The van der Waals surface area contributed by atoms with Gasteiger partial charge in [-0.1, -0.05) is 68.9 Å². The molecule has 0 unspecified atom stereocenters. The molecule has 3 fully saturated rings. The van der Waals surface area contributed by atoms with Gasteiger partial charge >= 0.3 is 0 Å². The Hall–Kier alpha value is -6.24. The van der Waals surface area contributed by atoms with Gasteiger partial charge in [-0.05, 0) is 134 Å². The normalized spacial score (nSPS) is 18.9. The van der Waals surface area contributed by atoms with Gasteiger partial charge in [0.25, 0.3) is 5.91 Å². The maximum Gasteiger partial charge on any atom is 0.262 e. The Morgan fingerprint density at radius 1 is 0.829 bits per heavy atom. The number of rotatable bonds is 28. The van der Waals surface area contributed by atoms with E-state index in [0.717, 1.165) is 36.4 Å². The molecule has 0 radical (unpaired) electrons. The Morgan fingerprint density at radius 2 is 1.45 bits per heavy atom. The Balaban J connectivity index is 1.27. The summed E-state index contributed by atoms with van der Waals surface area (Å²) >= 11 is 7.48. The van der Waals surface area contributed by atoms with Gasteiger partial charge in [0.2, 0.25) is 53.2 Å². The molecule has 448 valence electrons. The minimum Gasteiger partial charge on any atom is -0.508 e. The molecule has 3 aliphatic rings. The molecule has 2 aromatic carbocycles. The van der Waals surface area contributed by atoms with Gasteiger partial charge < -0.3 is 64.2 Å². The predicted octanol–water partition coefficient (Wildman–Crippen LogP) is 1.03. The van der Waals surface area contributed by atoms with Crippen molar-refractivity contribution in [3.63, 3.8) is 0 Å². The number of hydrogen-bond acceptors (Lipinski definition) is 17. The molecule has 2 saturated heterocycles. The molecule has 2 heterocycles. The number of thiol groups is 1. The number of amides is 10. The molecule has 2 aliphatic heterocycles. The zero-order valence-corrected chi connectivity index (χ0v) is 49.9. The number of carbonyl (C=O) groups is 10. The lowest BCUT2D eigenvalue weighted by molar-refractivity contribution is -0.143. The molecule has 2 aromatic rings. The van der Waals surface area contributed by atoms with Crippen LogP contribution in [0.5, 0.6) is 5.75 Å². The Bertz CT molecular complexity index is 2710. The Morgan fingerprint density at radius 3 is 2.06 bits per heavy atom. The molecule has 10 amide bonds. The van der Waals surface area contributed by atoms with E-state index in [-0.39, 0.29) is 69.0 Å². The van der Waals surface area contributed by atoms with Crippen molar-refractivity contribution in [1.29, 1.82) is 0 Å². The van der Waals surface area contributed by atoms with E-state index in [2.05, 4.69) is 54.6 Å². The van der Waals surface area contributed by atoms with Crippen molar-refractivity contribution < 1.29 is 58.2 Å². The number of aliphatic hydroxyl groups excluding tert-OH is 1. The SMILES string of the molecule is CC[C@H](C)[C@H](NC(=O)[C@@H](N)Cc1ccc(O)cc1)C(=O)N[C@H](C(=O)N[C@@H](CC(N)=O)C(=O)N[C@@H](CS)C(=O)N1CCC[C@H]1C(=O)N[C@@H](CCCN)C(=O)N[C@@H](Cc1ccc(N=[N+]=[N-])c(I)c1)C(=O)N1SC2(CCCCC2)CC1=O)[C@@H](C)O. The molecular formula is C53H75IN14O12S2. The van der Waals surface area contributed by atoms with Crippen LogP contribution < -0.4 is 49.1 Å². The third kappa shape index (κ3) is 18.4. The number of likely N-dealkylation sites (tertiary alicyclic amines) is 1. The van der Waals surface area contributed by atoms with Crippen molar-refractivity contribution in [2.24, 2.45) is 28.2 Å². The van der Waals surface area contributed by atoms with Gasteiger partial charge in [0.15, 0.2) is 0 Å². The number of primary amides is 1. The van der Waals surface area contributed by atoms with Gasteiger partial charge in [-0.2, -0.15) is 12.6 Å². The number of aromatic hydroxyl groups is 1. The number of benzene rings is 2. The summed E-state index contributed by atoms with van der Waals surface area (Å²) in [7, 11) is 0. The number of halogens is 1. The molecule has 0 aromatic heterocycles. The lowest BCUT2D eigenvalue weighted by Gasteiger charge is -2.32. The fraction of sp³-hybridized carbons (Fsp3) is 0.585. The van der Waals surface area contributed by atoms with E-state index in [9.17, 15) is 58.2 Å². The summed E-state index contributed by atoms with van der Waals surface area (Å²) in [6, 6.07) is -0.167. The Labute approximate surface area is 498 Å². The number of imide groups is 1. The van der Waals surface area contributed by atoms with Gasteiger partial charge in [0.1, 0.15) is 48.0 Å². The number of hydrogen-bond donors (Lipinski definition) is 12. The zero-order valence-electron chi connectivity index (χ0n) is 46.0. The van der Waals surface area contributed by atoms with Crippen molar-refractivity contribution >= 4 is 112 Å². The molecule has 1 saturated carbocycles. The highest BCUT2D eigenvalue weighted by Crippen LogP contribution is 2.49. The maximum absolute atomic E-state index is 14.4. The number of nitrogens with one attached hydrogen (secondary N) is 6. The molecule has 0 bridgehead atoms. The highest BCUT2D eigenvalue weighted by Gasteiger charge is 2.49. The van der Waals surface area contributed by atoms with Gasteiger partial charge in [-0.15, -0.1) is 0 Å². The van der Waals surface area contributed by atoms with Crippen molar-refractivity contribution in [3.05, 3.63) is 67.6 Å². The second-order valence-corrected chi connectivity index (χ2v) is 24.0. The van der Waals surface area contributed by atoms with Crippen LogP contribution in [-0.2, 0) is 60.8 Å². The Kier molecular flexibility index (Phi) is 25.5. The fourth-order valence-electron chi connectivity index (χ4n) is 9.99. The van der Waals surface area contributed by atoms with E-state index in [4.69, 9.17) is 22.7 Å². The molecular weight excluding hydrogens is 1220 g/mol. The first kappa shape index (κ1) is 66.6. The van der Waals surface area contributed by atoms with E-state index in [0.29, 0.717) is 33.2 Å². The first-order valence-electron chi connectivity index (χ1n) is 27.3. The quantitative estimate of drug-likeness (QED) is 0.0141. The van der Waals surface area contributed by atoms with Crippen LogP contribution in [-0.4, -0.2) is 157 Å². The van der Waals surface area contributed by atoms with Gasteiger partial charge in [0, 0.05) is 38.4 Å². The van der Waals surface area contributed by atoms with Gasteiger partial charge in [-0.25, -0.2) is 4.31 Å². The fourth-order valence-corrected chi connectivity index (χ4v) is 12.4. The topological polar surface area (TPSA) is 417 Å². The highest BCUT2D eigenvalue weighted by atomic mass is 127. The average Bonchev–Trinajstić information content (AvgIpc) is 3.91. The molecule has 10 atom stereocenters. The van der Waals surface area contributed by atoms with Crippen molar-refractivity contribution in [3.8, 4) is 5.75 Å². The first-order valence-corrected chi connectivity index (χ1v) is 29.8. The molecule has 1 aliphatic carbocycles. The summed E-state index contributed by atoms with van der Waals surface area (Å²) in [5, 5.41) is 39.4. The van der Waals surface area contributed by atoms with Crippen LogP contribution in [0, 0.1) is 9.49 Å². The van der Waals surface area contributed by atoms with Crippen molar-refractivity contribution in [2.45, 2.75) is 170 Å². The third-order valence-electron chi connectivity index (χ3n) is 14.8. The van der Waals surface area contributed by atoms with Gasteiger partial charge in [-0.3, -0.25) is 47.9 Å². The van der Waals surface area contributed by atoms with Crippen molar-refractivity contribution in [1.82, 2.24) is 41.1 Å². The summed E-state index contributed by atoms with van der Waals surface area (Å²) in [6.45, 7) is 4.77. The van der Waals surface area contributed by atoms with E-state index >= 15 is 0 Å². The lowest BCUT2D eigenvalue weighted by Crippen LogP contribution is -2.62. The number of nitrogens with zero attached hydrogens (tertiary/aromatic N) is 5. The largest absolute Gasteiger partial charge is 0.508 e. The smallest absolute Gasteiger partial charge is 0.262 e. The van der Waals surface area contributed by atoms with Crippen molar-refractivity contribution in [2.75, 3.05) is 18.8 Å². The number of phenols is 1. The number of phenolic OH excluding ortho intramolecular Hbond substituents is 1. The van der Waals surface area contributed by atoms with Crippen LogP contribution in [0.1, 0.15) is 109 Å². The van der Waals surface area contributed by atoms with E-state index in [1.54, 1.807) is 44.2 Å². The summed E-state index contributed by atoms with van der Waals surface area (Å²) in [6.07, 6.45) is 3.24. The number of carbonyl (C=O) groups excluding carboxylic acids is 10. The van der Waals surface area contributed by atoms with Crippen LogP contribution in [0.15, 0.2) is 47.6 Å². The monoisotopic (exact) mass is 1290 g/mol. The van der Waals surface area contributed by atoms with E-state index in [1.165, 1.54) is 35.9 Å². The lowest BCUT2D eigenvalue weighted by atomic mass is 9.86. The van der Waals surface area contributed by atoms with E-state index < -0.39 is 125 Å². The van der Waals surface area contributed by atoms with Crippen LogP contribution in [0.4, 0.5) is 5.69 Å². The molecule has 5 rings (SSSR count).